The number of hydrogen-bond donors (Lipinski definition) is 0. The van der Waals surface area contributed by atoms with Crippen molar-refractivity contribution in [2.45, 2.75) is 48.4 Å². The van der Waals surface area contributed by atoms with Crippen LogP contribution in [-0.4, -0.2) is 36.9 Å². The van der Waals surface area contributed by atoms with Gasteiger partial charge in [-0.25, -0.2) is 0 Å². The Balaban J connectivity index is 1.96. The highest BCUT2D eigenvalue weighted by atomic mass is 32.2. The molecule has 2 saturated heterocycles. The summed E-state index contributed by atoms with van der Waals surface area (Å²) in [4.78, 5) is 0. The Kier molecular flexibility index (Phi) is 3.17. The zero-order valence-electron chi connectivity index (χ0n) is 8.36. The monoisotopic (exact) mass is 202 g/mol. The molecule has 2 nitrogen and oxygen atoms in total. The number of rotatable bonds is 2. The van der Waals surface area contributed by atoms with Crippen molar-refractivity contribution < 1.29 is 9.47 Å². The zero-order chi connectivity index (χ0) is 9.26. The van der Waals surface area contributed by atoms with Gasteiger partial charge in [0, 0.05) is 24.7 Å². The van der Waals surface area contributed by atoms with Crippen LogP contribution < -0.4 is 0 Å². The first kappa shape index (κ1) is 9.81. The fraction of sp³-hybridized carbons (Fsp3) is 1.00. The minimum absolute atomic E-state index is 0.499. The van der Waals surface area contributed by atoms with Gasteiger partial charge in [0.05, 0.1) is 12.2 Å². The van der Waals surface area contributed by atoms with Crippen molar-refractivity contribution in [2.24, 2.45) is 0 Å². The summed E-state index contributed by atoms with van der Waals surface area (Å²) in [6.45, 7) is 0. The Morgan fingerprint density at radius 2 is 1.31 bits per heavy atom. The lowest BCUT2D eigenvalue weighted by atomic mass is 9.94. The zero-order valence-corrected chi connectivity index (χ0v) is 9.18. The van der Waals surface area contributed by atoms with E-state index in [9.17, 15) is 0 Å². The number of methoxy groups -OCH3 is 2. The second-order valence-corrected chi connectivity index (χ2v) is 5.40. The van der Waals surface area contributed by atoms with Gasteiger partial charge in [0.1, 0.15) is 0 Å². The average molecular weight is 202 g/mol. The summed E-state index contributed by atoms with van der Waals surface area (Å²) >= 11 is 2.09. The van der Waals surface area contributed by atoms with Gasteiger partial charge in [-0.3, -0.25) is 0 Å². The van der Waals surface area contributed by atoms with E-state index in [4.69, 9.17) is 9.47 Å². The lowest BCUT2D eigenvalue weighted by Crippen LogP contribution is -2.43. The number of ether oxygens (including phenoxy) is 2. The molecule has 0 spiro atoms. The topological polar surface area (TPSA) is 18.5 Å². The highest BCUT2D eigenvalue weighted by molar-refractivity contribution is 8.00. The van der Waals surface area contributed by atoms with Crippen LogP contribution in [0.3, 0.4) is 0 Å². The van der Waals surface area contributed by atoms with Crippen LogP contribution in [0.25, 0.3) is 0 Å². The predicted molar refractivity (Wildman–Crippen MR) is 55.2 cm³/mol. The Hall–Kier alpha value is 0.270. The Morgan fingerprint density at radius 1 is 0.846 bits per heavy atom. The highest BCUT2D eigenvalue weighted by Gasteiger charge is 2.39. The van der Waals surface area contributed by atoms with E-state index in [0.717, 1.165) is 10.5 Å². The van der Waals surface area contributed by atoms with Gasteiger partial charge >= 0.3 is 0 Å². The summed E-state index contributed by atoms with van der Waals surface area (Å²) in [7, 11) is 3.68. The minimum atomic E-state index is 0.499. The standard InChI is InChI=1S/C10H18O2S/c1-11-7-3-5-10-8(12-2)4-6-9(7)13-10/h7-10H,3-6H2,1-2H3. The third-order valence-corrected chi connectivity index (χ3v) is 5.03. The Labute approximate surface area is 84.4 Å². The van der Waals surface area contributed by atoms with Crippen molar-refractivity contribution in [3.05, 3.63) is 0 Å². The van der Waals surface area contributed by atoms with Crippen LogP contribution >= 0.6 is 11.8 Å². The lowest BCUT2D eigenvalue weighted by Gasteiger charge is -2.42. The van der Waals surface area contributed by atoms with Crippen molar-refractivity contribution in [1.82, 2.24) is 0 Å². The van der Waals surface area contributed by atoms with E-state index in [1.165, 1.54) is 25.7 Å². The van der Waals surface area contributed by atoms with E-state index in [1.807, 2.05) is 14.2 Å². The molecule has 0 saturated carbocycles. The van der Waals surface area contributed by atoms with Crippen LogP contribution in [0.2, 0.25) is 0 Å². The Bertz CT molecular complexity index is 156. The summed E-state index contributed by atoms with van der Waals surface area (Å²) in [6.07, 6.45) is 5.96. The van der Waals surface area contributed by atoms with Gasteiger partial charge in [-0.2, -0.15) is 0 Å². The van der Waals surface area contributed by atoms with Gasteiger partial charge in [-0.15, -0.1) is 11.8 Å². The molecule has 4 unspecified atom stereocenters. The average Bonchev–Trinajstić information content (AvgIpc) is 2.19. The third-order valence-electron chi connectivity index (χ3n) is 3.26. The summed E-state index contributed by atoms with van der Waals surface area (Å²) in [5.41, 5.74) is 0. The molecule has 4 atom stereocenters. The van der Waals surface area contributed by atoms with Gasteiger partial charge in [0.25, 0.3) is 0 Å². The molecular weight excluding hydrogens is 184 g/mol. The second-order valence-electron chi connectivity index (χ2n) is 3.92. The fourth-order valence-corrected chi connectivity index (χ4v) is 4.31. The highest BCUT2D eigenvalue weighted by Crippen LogP contribution is 2.43. The third kappa shape index (κ3) is 1.88. The molecule has 0 aromatic rings. The molecule has 0 aromatic carbocycles. The summed E-state index contributed by atoms with van der Waals surface area (Å²) in [6, 6.07) is 0. The van der Waals surface area contributed by atoms with Crippen molar-refractivity contribution in [2.75, 3.05) is 14.2 Å². The molecule has 2 heterocycles. The van der Waals surface area contributed by atoms with Crippen molar-refractivity contribution >= 4 is 11.8 Å². The van der Waals surface area contributed by atoms with Gasteiger partial charge in [0.2, 0.25) is 0 Å². The van der Waals surface area contributed by atoms with E-state index in [0.29, 0.717) is 12.2 Å². The summed E-state index contributed by atoms with van der Waals surface area (Å²) in [5.74, 6) is 0. The first-order valence-electron chi connectivity index (χ1n) is 5.06. The molecular formula is C10H18O2S. The number of hydrogen-bond acceptors (Lipinski definition) is 3. The predicted octanol–water partition coefficient (Wildman–Crippen LogP) is 2.07. The molecule has 2 aliphatic rings. The maximum absolute atomic E-state index is 5.48. The Morgan fingerprint density at radius 3 is 1.69 bits per heavy atom. The molecule has 0 aliphatic carbocycles. The van der Waals surface area contributed by atoms with Gasteiger partial charge in [-0.1, -0.05) is 0 Å². The first-order chi connectivity index (χ1) is 6.35. The molecule has 0 amide bonds. The summed E-state index contributed by atoms with van der Waals surface area (Å²) < 4.78 is 11.0. The molecule has 2 rings (SSSR count). The number of thioether (sulfide) groups is 1. The molecule has 2 aliphatic heterocycles. The maximum atomic E-state index is 5.48. The second kappa shape index (κ2) is 4.20. The number of fused-ring (bicyclic) bond motifs is 2. The molecule has 0 radical (unpaired) electrons. The van der Waals surface area contributed by atoms with Gasteiger partial charge in [0.15, 0.2) is 0 Å². The fourth-order valence-electron chi connectivity index (χ4n) is 2.48. The maximum Gasteiger partial charge on any atom is 0.0690 e. The summed E-state index contributed by atoms with van der Waals surface area (Å²) in [5, 5.41) is 1.46. The van der Waals surface area contributed by atoms with Crippen molar-refractivity contribution in [3.8, 4) is 0 Å². The smallest absolute Gasteiger partial charge is 0.0690 e. The van der Waals surface area contributed by atoms with Crippen molar-refractivity contribution in [3.63, 3.8) is 0 Å². The van der Waals surface area contributed by atoms with E-state index in [-0.39, 0.29) is 0 Å². The molecule has 76 valence electrons. The molecule has 0 aromatic heterocycles. The SMILES string of the molecule is COC1CCC2SC1CCC2OC. The van der Waals surface area contributed by atoms with Crippen LogP contribution in [-0.2, 0) is 9.47 Å². The van der Waals surface area contributed by atoms with Crippen LogP contribution in [0.5, 0.6) is 0 Å². The van der Waals surface area contributed by atoms with E-state index in [2.05, 4.69) is 11.8 Å². The van der Waals surface area contributed by atoms with Crippen molar-refractivity contribution in [1.29, 1.82) is 0 Å². The largest absolute Gasteiger partial charge is 0.380 e. The first-order valence-corrected chi connectivity index (χ1v) is 6.00. The molecule has 2 bridgehead atoms. The van der Waals surface area contributed by atoms with Crippen LogP contribution in [0.15, 0.2) is 0 Å². The minimum Gasteiger partial charge on any atom is -0.380 e. The molecule has 13 heavy (non-hydrogen) atoms. The van der Waals surface area contributed by atoms with Gasteiger partial charge < -0.3 is 9.47 Å². The molecule has 2 fully saturated rings. The van der Waals surface area contributed by atoms with Gasteiger partial charge in [-0.05, 0) is 25.7 Å². The molecule has 3 heteroatoms. The van der Waals surface area contributed by atoms with E-state index < -0.39 is 0 Å². The quantitative estimate of drug-likeness (QED) is 0.683. The van der Waals surface area contributed by atoms with E-state index in [1.54, 1.807) is 0 Å². The normalized spacial score (nSPS) is 44.8. The lowest BCUT2D eigenvalue weighted by molar-refractivity contribution is 0.0382. The molecule has 0 N–H and O–H groups in total. The van der Waals surface area contributed by atoms with Crippen LogP contribution in [0, 0.1) is 0 Å². The van der Waals surface area contributed by atoms with E-state index >= 15 is 0 Å². The van der Waals surface area contributed by atoms with Crippen LogP contribution in [0.1, 0.15) is 25.7 Å². The van der Waals surface area contributed by atoms with Crippen LogP contribution in [0.4, 0.5) is 0 Å².